The summed E-state index contributed by atoms with van der Waals surface area (Å²) in [5.74, 6) is -2.59. The summed E-state index contributed by atoms with van der Waals surface area (Å²) >= 11 is 4.98. The molecule has 2 aliphatic heterocycles. The minimum absolute atomic E-state index is 0.119. The van der Waals surface area contributed by atoms with Crippen molar-refractivity contribution >= 4 is 44.8 Å². The number of halogens is 3. The summed E-state index contributed by atoms with van der Waals surface area (Å²) in [5.41, 5.74) is 1.33. The van der Waals surface area contributed by atoms with Crippen LogP contribution in [0.25, 0.3) is 11.2 Å². The summed E-state index contributed by atoms with van der Waals surface area (Å²) < 4.78 is 40.2. The normalized spacial score (nSPS) is 20.8. The SMILES string of the molecule is N=c1ncn(CCC2CCN(C(=O)C3CC3(F)F)CC2)c2nc(Sc3cc4c(cc3Br)OCO4)[nH]c12. The van der Waals surface area contributed by atoms with Crippen molar-refractivity contribution in [3.05, 3.63) is 28.4 Å². The lowest BCUT2D eigenvalue weighted by atomic mass is 9.93. The Balaban J connectivity index is 1.12. The number of imidazole rings is 1. The predicted octanol–water partition coefficient (Wildman–Crippen LogP) is 4.17. The molecule has 1 aliphatic carbocycles. The monoisotopic (exact) mass is 580 g/mol. The topological polar surface area (TPSA) is 109 Å². The number of fused-ring (bicyclic) bond motifs is 2. The number of carbonyl (C=O) groups is 1. The first kappa shape index (κ1) is 23.7. The van der Waals surface area contributed by atoms with Gasteiger partial charge in [-0.3, -0.25) is 10.2 Å². The number of amides is 1. The molecule has 190 valence electrons. The van der Waals surface area contributed by atoms with Gasteiger partial charge in [0.05, 0.1) is 6.33 Å². The zero-order valence-electron chi connectivity index (χ0n) is 19.1. The zero-order valence-corrected chi connectivity index (χ0v) is 21.5. The summed E-state index contributed by atoms with van der Waals surface area (Å²) in [6, 6.07) is 3.75. The lowest BCUT2D eigenvalue weighted by Crippen LogP contribution is -2.40. The number of hydrogen-bond acceptors (Lipinski definition) is 7. The molecule has 36 heavy (non-hydrogen) atoms. The van der Waals surface area contributed by atoms with Crippen LogP contribution in [0.2, 0.25) is 0 Å². The van der Waals surface area contributed by atoms with Gasteiger partial charge in [0.1, 0.15) is 11.4 Å². The van der Waals surface area contributed by atoms with Crippen LogP contribution < -0.4 is 15.0 Å². The fraction of sp³-hybridized carbons (Fsp3) is 0.478. The van der Waals surface area contributed by atoms with Gasteiger partial charge in [-0.25, -0.2) is 18.7 Å². The molecular formula is C23H23BrF2N6O3S. The standard InChI is InChI=1S/C23H23BrF2N6O3S/c24-14-7-15-16(35-11-34-15)8-17(14)36-22-29-18-19(27)28-10-32(20(18)30-22)6-3-12-1-4-31(5-2-12)21(33)13-9-23(13,25)26/h7-8,10,12-13,27H,1-6,9,11H2,(H,29,30). The molecule has 1 atom stereocenters. The molecule has 3 aliphatic rings. The predicted molar refractivity (Wildman–Crippen MR) is 129 cm³/mol. The molecule has 4 heterocycles. The maximum Gasteiger partial charge on any atom is 0.260 e. The van der Waals surface area contributed by atoms with Crippen LogP contribution in [-0.2, 0) is 11.3 Å². The van der Waals surface area contributed by atoms with Gasteiger partial charge in [-0.05, 0) is 53.2 Å². The first-order valence-corrected chi connectivity index (χ1v) is 13.3. The summed E-state index contributed by atoms with van der Waals surface area (Å²) in [6.45, 7) is 1.90. The molecule has 0 bridgehead atoms. The summed E-state index contributed by atoms with van der Waals surface area (Å²) in [6.07, 6.45) is 3.75. The number of nitrogens with zero attached hydrogens (tertiary/aromatic N) is 4. The van der Waals surface area contributed by atoms with Gasteiger partial charge in [-0.1, -0.05) is 11.8 Å². The molecule has 13 heteroatoms. The Morgan fingerprint density at radius 2 is 2.00 bits per heavy atom. The highest BCUT2D eigenvalue weighted by Gasteiger charge is 2.62. The van der Waals surface area contributed by atoms with Crippen molar-refractivity contribution in [1.82, 2.24) is 24.4 Å². The molecule has 0 radical (unpaired) electrons. The molecule has 1 amide bonds. The van der Waals surface area contributed by atoms with Crippen molar-refractivity contribution in [1.29, 1.82) is 5.41 Å². The molecule has 1 aromatic carbocycles. The summed E-state index contributed by atoms with van der Waals surface area (Å²) in [4.78, 5) is 26.9. The minimum atomic E-state index is -2.81. The summed E-state index contributed by atoms with van der Waals surface area (Å²) in [5, 5.41) is 8.84. The number of hydrogen-bond donors (Lipinski definition) is 2. The van der Waals surface area contributed by atoms with E-state index in [0.717, 1.165) is 28.6 Å². The van der Waals surface area contributed by atoms with Gasteiger partial charge in [-0.2, -0.15) is 0 Å². The number of carbonyl (C=O) groups excluding carboxylic acids is 1. The van der Waals surface area contributed by atoms with Crippen LogP contribution in [0.3, 0.4) is 0 Å². The van der Waals surface area contributed by atoms with E-state index in [-0.39, 0.29) is 18.7 Å². The molecule has 6 rings (SSSR count). The number of aromatic nitrogens is 4. The minimum Gasteiger partial charge on any atom is -0.454 e. The van der Waals surface area contributed by atoms with E-state index in [1.54, 1.807) is 11.2 Å². The van der Waals surface area contributed by atoms with Gasteiger partial charge in [0.25, 0.3) is 5.92 Å². The Kier molecular flexibility index (Phi) is 5.94. The average Bonchev–Trinajstić information content (AvgIpc) is 3.18. The third-order valence-corrected chi connectivity index (χ3v) is 8.82. The number of alkyl halides is 2. The van der Waals surface area contributed by atoms with Crippen LogP contribution >= 0.6 is 27.7 Å². The third-order valence-electron chi connectivity index (χ3n) is 6.96. The number of piperidine rings is 1. The first-order chi connectivity index (χ1) is 17.3. The van der Waals surface area contributed by atoms with Gasteiger partial charge in [0.2, 0.25) is 12.7 Å². The van der Waals surface area contributed by atoms with Crippen LogP contribution in [-0.4, -0.2) is 56.1 Å². The van der Waals surface area contributed by atoms with Gasteiger partial charge >= 0.3 is 0 Å². The number of H-pyrrole nitrogens is 1. The van der Waals surface area contributed by atoms with E-state index in [1.807, 2.05) is 16.7 Å². The number of aryl methyl sites for hydroxylation is 1. The van der Waals surface area contributed by atoms with Crippen LogP contribution in [0.1, 0.15) is 25.7 Å². The highest BCUT2D eigenvalue weighted by atomic mass is 79.9. The Bertz CT molecular complexity index is 1400. The Labute approximate surface area is 217 Å². The molecule has 9 nitrogen and oxygen atoms in total. The van der Waals surface area contributed by atoms with E-state index >= 15 is 0 Å². The zero-order chi connectivity index (χ0) is 25.0. The lowest BCUT2D eigenvalue weighted by Gasteiger charge is -2.32. The Hall–Kier alpha value is -2.67. The van der Waals surface area contributed by atoms with Gasteiger partial charge < -0.3 is 23.9 Å². The van der Waals surface area contributed by atoms with Crippen LogP contribution in [0.15, 0.2) is 33.0 Å². The molecule has 2 N–H and O–H groups in total. The molecule has 2 fully saturated rings. The number of rotatable bonds is 6. The largest absolute Gasteiger partial charge is 0.454 e. The van der Waals surface area contributed by atoms with Crippen molar-refractivity contribution in [3.63, 3.8) is 0 Å². The second kappa shape index (κ2) is 9.02. The van der Waals surface area contributed by atoms with E-state index in [4.69, 9.17) is 19.9 Å². The number of likely N-dealkylation sites (tertiary alicyclic amines) is 1. The Morgan fingerprint density at radius 3 is 2.72 bits per heavy atom. The maximum absolute atomic E-state index is 13.2. The van der Waals surface area contributed by atoms with Gasteiger partial charge in [-0.15, -0.1) is 0 Å². The number of ether oxygens (including phenoxy) is 2. The van der Waals surface area contributed by atoms with Gasteiger partial charge in [0.15, 0.2) is 27.8 Å². The van der Waals surface area contributed by atoms with Crippen LogP contribution in [0.4, 0.5) is 8.78 Å². The van der Waals surface area contributed by atoms with Crippen LogP contribution in [0, 0.1) is 17.2 Å². The smallest absolute Gasteiger partial charge is 0.260 e. The molecule has 3 aromatic rings. The lowest BCUT2D eigenvalue weighted by molar-refractivity contribution is -0.136. The van der Waals surface area contributed by atoms with E-state index in [1.165, 1.54) is 11.8 Å². The second-order valence-corrected chi connectivity index (χ2v) is 11.2. The van der Waals surface area contributed by atoms with Crippen molar-refractivity contribution < 1.29 is 23.0 Å². The van der Waals surface area contributed by atoms with Crippen LogP contribution in [0.5, 0.6) is 11.5 Å². The fourth-order valence-electron chi connectivity index (χ4n) is 4.72. The number of nitrogens with one attached hydrogen (secondary N) is 2. The van der Waals surface area contributed by atoms with Crippen molar-refractivity contribution in [2.75, 3.05) is 19.9 Å². The second-order valence-electron chi connectivity index (χ2n) is 9.34. The van der Waals surface area contributed by atoms with Crippen molar-refractivity contribution in [2.24, 2.45) is 11.8 Å². The molecular weight excluding hydrogens is 558 g/mol. The molecule has 1 saturated carbocycles. The maximum atomic E-state index is 13.2. The number of aromatic amines is 1. The molecule has 2 aromatic heterocycles. The Morgan fingerprint density at radius 1 is 1.28 bits per heavy atom. The van der Waals surface area contributed by atoms with E-state index in [0.29, 0.717) is 53.4 Å². The highest BCUT2D eigenvalue weighted by molar-refractivity contribution is 9.10. The van der Waals surface area contributed by atoms with E-state index in [9.17, 15) is 13.6 Å². The fourth-order valence-corrected chi connectivity index (χ4v) is 6.10. The quantitative estimate of drug-likeness (QED) is 0.453. The first-order valence-electron chi connectivity index (χ1n) is 11.7. The summed E-state index contributed by atoms with van der Waals surface area (Å²) in [7, 11) is 0. The number of benzene rings is 1. The molecule has 1 saturated heterocycles. The van der Waals surface area contributed by atoms with E-state index in [2.05, 4.69) is 25.9 Å². The van der Waals surface area contributed by atoms with Gasteiger partial charge in [0, 0.05) is 35.4 Å². The van der Waals surface area contributed by atoms with E-state index < -0.39 is 17.7 Å². The average molecular weight is 581 g/mol. The molecule has 0 spiro atoms. The van der Waals surface area contributed by atoms with Crippen molar-refractivity contribution in [3.8, 4) is 11.5 Å². The van der Waals surface area contributed by atoms with Crippen molar-refractivity contribution in [2.45, 2.75) is 48.2 Å². The highest BCUT2D eigenvalue weighted by Crippen LogP contribution is 2.50. The molecule has 1 unspecified atom stereocenters. The third kappa shape index (κ3) is 4.47.